The molecule has 0 amide bonds. The minimum absolute atomic E-state index is 0.674. The van der Waals surface area contributed by atoms with Crippen LogP contribution in [0, 0.1) is 0 Å². The Kier molecular flexibility index (Phi) is 7.48. The summed E-state index contributed by atoms with van der Waals surface area (Å²) in [5.74, 6) is 0.820. The summed E-state index contributed by atoms with van der Waals surface area (Å²) in [5.41, 5.74) is 6.40. The van der Waals surface area contributed by atoms with Gasteiger partial charge in [-0.05, 0) is 38.4 Å². The third kappa shape index (κ3) is 6.04. The Bertz CT molecular complexity index is 330. The van der Waals surface area contributed by atoms with Crippen molar-refractivity contribution in [3.8, 4) is 5.75 Å². The Balaban J connectivity index is 2.20. The van der Waals surface area contributed by atoms with Gasteiger partial charge in [-0.2, -0.15) is 0 Å². The van der Waals surface area contributed by atoms with Crippen LogP contribution in [0.1, 0.15) is 20.3 Å². The number of anilines is 1. The number of rotatable bonds is 9. The second-order valence-corrected chi connectivity index (χ2v) is 6.01. The lowest BCUT2D eigenvalue weighted by Gasteiger charge is -2.14. The fourth-order valence-corrected chi connectivity index (χ4v) is 3.30. The van der Waals surface area contributed by atoms with Crippen LogP contribution in [0.2, 0.25) is 6.04 Å². The molecule has 0 aromatic heterocycles. The maximum Gasteiger partial charge on any atom is 0.321 e. The van der Waals surface area contributed by atoms with Crippen molar-refractivity contribution in [3.05, 3.63) is 24.3 Å². The standard InChI is InChI=1S/C13H23NO3Si/c1-3-16-18(17-4-2)10-6-9-15-13-8-5-7-12(14)11-13/h5,7-8,11,18H,3-4,6,9-10,14H2,1-2H3. The largest absolute Gasteiger partial charge is 0.494 e. The number of nitrogen functional groups attached to an aromatic ring is 1. The van der Waals surface area contributed by atoms with E-state index in [1.165, 1.54) is 0 Å². The summed E-state index contributed by atoms with van der Waals surface area (Å²) in [5, 5.41) is 0. The smallest absolute Gasteiger partial charge is 0.321 e. The third-order valence-corrected chi connectivity index (χ3v) is 4.71. The van der Waals surface area contributed by atoms with Crippen LogP contribution in [0.3, 0.4) is 0 Å². The molecule has 0 spiro atoms. The molecule has 102 valence electrons. The van der Waals surface area contributed by atoms with Crippen LogP contribution in [0.5, 0.6) is 5.75 Å². The molecule has 0 aliphatic carbocycles. The molecule has 18 heavy (non-hydrogen) atoms. The zero-order valence-corrected chi connectivity index (χ0v) is 12.4. The monoisotopic (exact) mass is 269 g/mol. The van der Waals surface area contributed by atoms with E-state index in [0.29, 0.717) is 6.61 Å². The summed E-state index contributed by atoms with van der Waals surface area (Å²) >= 11 is 0. The highest BCUT2D eigenvalue weighted by Crippen LogP contribution is 2.15. The SMILES string of the molecule is CCO[SiH](CCCOc1cccc(N)c1)OCC. The molecule has 0 aliphatic rings. The fourth-order valence-electron chi connectivity index (χ4n) is 1.63. The summed E-state index contributed by atoms with van der Waals surface area (Å²) in [6, 6.07) is 8.46. The van der Waals surface area contributed by atoms with E-state index >= 15 is 0 Å². The average molecular weight is 269 g/mol. The Morgan fingerprint density at radius 1 is 1.17 bits per heavy atom. The van der Waals surface area contributed by atoms with Crippen LogP contribution < -0.4 is 10.5 Å². The molecule has 0 heterocycles. The Labute approximate surface area is 111 Å². The van der Waals surface area contributed by atoms with E-state index < -0.39 is 9.28 Å². The molecule has 1 aromatic carbocycles. The molecular formula is C13H23NO3Si. The van der Waals surface area contributed by atoms with Gasteiger partial charge < -0.3 is 19.3 Å². The molecule has 0 saturated heterocycles. The summed E-state index contributed by atoms with van der Waals surface area (Å²) in [6.07, 6.45) is 0.950. The van der Waals surface area contributed by atoms with E-state index in [-0.39, 0.29) is 0 Å². The molecule has 1 aromatic rings. The van der Waals surface area contributed by atoms with E-state index in [1.807, 2.05) is 38.1 Å². The molecule has 0 bridgehead atoms. The maximum atomic E-state index is 5.68. The fraction of sp³-hybridized carbons (Fsp3) is 0.538. The van der Waals surface area contributed by atoms with Gasteiger partial charge in [-0.3, -0.25) is 0 Å². The maximum absolute atomic E-state index is 5.68. The Morgan fingerprint density at radius 2 is 1.89 bits per heavy atom. The third-order valence-electron chi connectivity index (χ3n) is 2.42. The van der Waals surface area contributed by atoms with E-state index in [1.54, 1.807) is 0 Å². The summed E-state index contributed by atoms with van der Waals surface area (Å²) in [4.78, 5) is 0. The van der Waals surface area contributed by atoms with Crippen molar-refractivity contribution < 1.29 is 13.6 Å². The normalized spacial score (nSPS) is 10.8. The van der Waals surface area contributed by atoms with Gasteiger partial charge in [0.05, 0.1) is 6.61 Å². The number of benzene rings is 1. The molecule has 0 fully saturated rings. The minimum Gasteiger partial charge on any atom is -0.494 e. The predicted molar refractivity (Wildman–Crippen MR) is 76.2 cm³/mol. The van der Waals surface area contributed by atoms with Crippen molar-refractivity contribution in [2.24, 2.45) is 0 Å². The molecule has 2 N–H and O–H groups in total. The van der Waals surface area contributed by atoms with Gasteiger partial charge in [0.1, 0.15) is 5.75 Å². The lowest BCUT2D eigenvalue weighted by atomic mass is 10.3. The van der Waals surface area contributed by atoms with Crippen LogP contribution in [-0.2, 0) is 8.85 Å². The van der Waals surface area contributed by atoms with Gasteiger partial charge in [0.2, 0.25) is 0 Å². The number of nitrogens with two attached hydrogens (primary N) is 1. The number of ether oxygens (including phenoxy) is 1. The summed E-state index contributed by atoms with van der Waals surface area (Å²) in [7, 11) is -1.47. The zero-order valence-electron chi connectivity index (χ0n) is 11.2. The lowest BCUT2D eigenvalue weighted by molar-refractivity contribution is 0.209. The van der Waals surface area contributed by atoms with E-state index in [4.69, 9.17) is 19.3 Å². The molecule has 1 rings (SSSR count). The quantitative estimate of drug-likeness (QED) is 0.425. The van der Waals surface area contributed by atoms with E-state index in [9.17, 15) is 0 Å². The van der Waals surface area contributed by atoms with Crippen LogP contribution in [0.4, 0.5) is 5.69 Å². The summed E-state index contributed by atoms with van der Waals surface area (Å²) in [6.45, 7) is 6.14. The topological polar surface area (TPSA) is 53.7 Å². The average Bonchev–Trinajstić information content (AvgIpc) is 2.35. The highest BCUT2D eigenvalue weighted by molar-refractivity contribution is 6.44. The first kappa shape index (κ1) is 15.0. The van der Waals surface area contributed by atoms with Crippen LogP contribution in [-0.4, -0.2) is 29.1 Å². The number of hydrogen-bond acceptors (Lipinski definition) is 4. The highest BCUT2D eigenvalue weighted by atomic mass is 28.3. The molecule has 0 radical (unpaired) electrons. The first-order valence-electron chi connectivity index (χ1n) is 6.47. The Hall–Kier alpha value is -1.04. The van der Waals surface area contributed by atoms with Gasteiger partial charge >= 0.3 is 9.28 Å². The van der Waals surface area contributed by atoms with Crippen molar-refractivity contribution in [1.29, 1.82) is 0 Å². The van der Waals surface area contributed by atoms with Crippen molar-refractivity contribution >= 4 is 15.0 Å². The zero-order chi connectivity index (χ0) is 13.2. The van der Waals surface area contributed by atoms with Crippen molar-refractivity contribution in [2.45, 2.75) is 26.3 Å². The van der Waals surface area contributed by atoms with Crippen LogP contribution >= 0.6 is 0 Å². The van der Waals surface area contributed by atoms with Crippen molar-refractivity contribution in [3.63, 3.8) is 0 Å². The molecule has 0 saturated carbocycles. The van der Waals surface area contributed by atoms with Gasteiger partial charge in [0.15, 0.2) is 0 Å². The predicted octanol–water partition coefficient (Wildman–Crippen LogP) is 2.33. The van der Waals surface area contributed by atoms with E-state index in [2.05, 4.69) is 0 Å². The van der Waals surface area contributed by atoms with Gasteiger partial charge in [0.25, 0.3) is 0 Å². The van der Waals surface area contributed by atoms with Gasteiger partial charge in [-0.1, -0.05) is 6.07 Å². The van der Waals surface area contributed by atoms with Gasteiger partial charge in [-0.15, -0.1) is 0 Å². The number of hydrogen-bond donors (Lipinski definition) is 1. The van der Waals surface area contributed by atoms with Crippen LogP contribution in [0.15, 0.2) is 24.3 Å². The summed E-state index contributed by atoms with van der Waals surface area (Å²) < 4.78 is 16.8. The molecule has 5 heteroatoms. The molecule has 0 aliphatic heterocycles. The van der Waals surface area contributed by atoms with Crippen molar-refractivity contribution in [2.75, 3.05) is 25.6 Å². The van der Waals surface area contributed by atoms with Gasteiger partial charge in [0, 0.05) is 25.0 Å². The minimum atomic E-state index is -1.47. The molecular weight excluding hydrogens is 246 g/mol. The first-order chi connectivity index (χ1) is 8.76. The van der Waals surface area contributed by atoms with Crippen LogP contribution in [0.25, 0.3) is 0 Å². The Morgan fingerprint density at radius 3 is 2.50 bits per heavy atom. The van der Waals surface area contributed by atoms with Gasteiger partial charge in [-0.25, -0.2) is 0 Å². The second kappa shape index (κ2) is 8.96. The molecule has 0 atom stereocenters. The highest BCUT2D eigenvalue weighted by Gasteiger charge is 2.11. The molecule has 4 nitrogen and oxygen atoms in total. The lowest BCUT2D eigenvalue weighted by Crippen LogP contribution is -2.23. The van der Waals surface area contributed by atoms with Crippen molar-refractivity contribution in [1.82, 2.24) is 0 Å². The van der Waals surface area contributed by atoms with E-state index in [0.717, 1.165) is 37.1 Å². The first-order valence-corrected chi connectivity index (χ1v) is 8.23. The molecule has 0 unspecified atom stereocenters. The second-order valence-electron chi connectivity index (χ2n) is 3.90.